The summed E-state index contributed by atoms with van der Waals surface area (Å²) in [5.41, 5.74) is 2.75. The second-order valence-corrected chi connectivity index (χ2v) is 4.75. The number of nitrogens with zero attached hydrogens (tertiary/aromatic N) is 2. The predicted molar refractivity (Wildman–Crippen MR) is 78.5 cm³/mol. The molecule has 2 aromatic rings. The molecule has 2 rings (SSSR count). The standard InChI is InChI=1S/C15H18N4O/c1-10-8-11(2)17-14(9-10)19-15(20)18-12(3)13-6-4-5-7-16-13/h4-9,12H,1-3H3,(H2,17,18,19,20). The van der Waals surface area contributed by atoms with Crippen molar-refractivity contribution < 1.29 is 4.79 Å². The molecule has 2 amide bonds. The zero-order chi connectivity index (χ0) is 14.5. The molecule has 2 heterocycles. The SMILES string of the molecule is Cc1cc(C)nc(NC(=O)NC(C)c2ccccn2)c1. The highest BCUT2D eigenvalue weighted by molar-refractivity contribution is 5.88. The van der Waals surface area contributed by atoms with Gasteiger partial charge in [-0.25, -0.2) is 9.78 Å². The van der Waals surface area contributed by atoms with Crippen LogP contribution in [0, 0.1) is 13.8 Å². The van der Waals surface area contributed by atoms with E-state index in [1.54, 1.807) is 6.20 Å². The van der Waals surface area contributed by atoms with Crippen LogP contribution in [0.25, 0.3) is 0 Å². The summed E-state index contributed by atoms with van der Waals surface area (Å²) < 4.78 is 0. The van der Waals surface area contributed by atoms with E-state index in [0.29, 0.717) is 5.82 Å². The number of hydrogen-bond acceptors (Lipinski definition) is 3. The molecule has 0 aliphatic heterocycles. The molecule has 0 aromatic carbocycles. The van der Waals surface area contributed by atoms with E-state index in [-0.39, 0.29) is 12.1 Å². The maximum absolute atomic E-state index is 11.9. The second-order valence-electron chi connectivity index (χ2n) is 4.75. The maximum atomic E-state index is 11.9. The molecule has 0 radical (unpaired) electrons. The molecule has 0 saturated carbocycles. The lowest BCUT2D eigenvalue weighted by Crippen LogP contribution is -2.31. The number of nitrogens with one attached hydrogen (secondary N) is 2. The van der Waals surface area contributed by atoms with Crippen LogP contribution in [0.4, 0.5) is 10.6 Å². The van der Waals surface area contributed by atoms with Gasteiger partial charge in [0.05, 0.1) is 11.7 Å². The Morgan fingerprint density at radius 3 is 2.70 bits per heavy atom. The van der Waals surface area contributed by atoms with Crippen molar-refractivity contribution in [1.82, 2.24) is 15.3 Å². The summed E-state index contributed by atoms with van der Waals surface area (Å²) in [6.07, 6.45) is 1.71. The minimum absolute atomic E-state index is 0.165. The summed E-state index contributed by atoms with van der Waals surface area (Å²) in [6.45, 7) is 5.75. The van der Waals surface area contributed by atoms with E-state index in [4.69, 9.17) is 0 Å². The van der Waals surface area contributed by atoms with Crippen LogP contribution in [0.15, 0.2) is 36.5 Å². The summed E-state index contributed by atoms with van der Waals surface area (Å²) in [5, 5.41) is 5.57. The Labute approximate surface area is 118 Å². The van der Waals surface area contributed by atoms with Gasteiger partial charge in [-0.15, -0.1) is 0 Å². The number of amides is 2. The number of rotatable bonds is 3. The molecule has 0 spiro atoms. The zero-order valence-electron chi connectivity index (χ0n) is 11.8. The molecule has 2 aromatic heterocycles. The Hall–Kier alpha value is -2.43. The molecular formula is C15H18N4O. The minimum atomic E-state index is -0.291. The van der Waals surface area contributed by atoms with Crippen LogP contribution in [0.5, 0.6) is 0 Å². The van der Waals surface area contributed by atoms with Gasteiger partial charge in [0, 0.05) is 11.9 Å². The Morgan fingerprint density at radius 1 is 1.25 bits per heavy atom. The number of aryl methyl sites for hydroxylation is 2. The Morgan fingerprint density at radius 2 is 2.05 bits per heavy atom. The van der Waals surface area contributed by atoms with Crippen molar-refractivity contribution >= 4 is 11.8 Å². The summed E-state index contributed by atoms with van der Waals surface area (Å²) in [5.74, 6) is 0.549. The first-order valence-corrected chi connectivity index (χ1v) is 6.48. The smallest absolute Gasteiger partial charge is 0.320 e. The van der Waals surface area contributed by atoms with E-state index in [2.05, 4.69) is 20.6 Å². The first kappa shape index (κ1) is 14.0. The highest BCUT2D eigenvalue weighted by Crippen LogP contribution is 2.11. The van der Waals surface area contributed by atoms with Gasteiger partial charge in [-0.05, 0) is 50.6 Å². The quantitative estimate of drug-likeness (QED) is 0.901. The van der Waals surface area contributed by atoms with E-state index in [1.165, 1.54) is 0 Å². The van der Waals surface area contributed by atoms with Gasteiger partial charge < -0.3 is 5.32 Å². The van der Waals surface area contributed by atoms with Crippen LogP contribution >= 0.6 is 0 Å². The van der Waals surface area contributed by atoms with E-state index < -0.39 is 0 Å². The molecule has 20 heavy (non-hydrogen) atoms. The molecule has 2 N–H and O–H groups in total. The molecule has 104 valence electrons. The number of aromatic nitrogens is 2. The van der Waals surface area contributed by atoms with E-state index in [0.717, 1.165) is 17.0 Å². The third-order valence-corrected chi connectivity index (χ3v) is 2.82. The first-order chi connectivity index (χ1) is 9.54. The lowest BCUT2D eigenvalue weighted by atomic mass is 10.2. The summed E-state index contributed by atoms with van der Waals surface area (Å²) in [7, 11) is 0. The topological polar surface area (TPSA) is 66.9 Å². The number of urea groups is 1. The summed E-state index contributed by atoms with van der Waals surface area (Å²) >= 11 is 0. The lowest BCUT2D eigenvalue weighted by Gasteiger charge is -2.14. The molecule has 0 saturated heterocycles. The largest absolute Gasteiger partial charge is 0.330 e. The maximum Gasteiger partial charge on any atom is 0.320 e. The van der Waals surface area contributed by atoms with E-state index >= 15 is 0 Å². The number of pyridine rings is 2. The molecule has 0 bridgehead atoms. The zero-order valence-corrected chi connectivity index (χ0v) is 11.8. The van der Waals surface area contributed by atoms with Crippen molar-refractivity contribution in [3.8, 4) is 0 Å². The van der Waals surface area contributed by atoms with E-state index in [1.807, 2.05) is 51.1 Å². The van der Waals surface area contributed by atoms with Crippen LogP contribution in [0.1, 0.15) is 29.9 Å². The Balaban J connectivity index is 1.99. The number of carbonyl (C=O) groups excluding carboxylic acids is 1. The van der Waals surface area contributed by atoms with Gasteiger partial charge in [0.1, 0.15) is 5.82 Å². The normalized spacial score (nSPS) is 11.8. The summed E-state index contributed by atoms with van der Waals surface area (Å²) in [6, 6.07) is 8.94. The average molecular weight is 270 g/mol. The van der Waals surface area contributed by atoms with Crippen LogP contribution in [-0.4, -0.2) is 16.0 Å². The molecule has 0 aliphatic rings. The van der Waals surface area contributed by atoms with Crippen LogP contribution in [0.3, 0.4) is 0 Å². The average Bonchev–Trinajstić information content (AvgIpc) is 2.38. The van der Waals surface area contributed by atoms with Gasteiger partial charge in [-0.2, -0.15) is 0 Å². The highest BCUT2D eigenvalue weighted by atomic mass is 16.2. The molecule has 1 atom stereocenters. The second kappa shape index (κ2) is 6.14. The van der Waals surface area contributed by atoms with Crippen molar-refractivity contribution in [3.05, 3.63) is 53.5 Å². The third kappa shape index (κ3) is 3.78. The fourth-order valence-corrected chi connectivity index (χ4v) is 1.96. The van der Waals surface area contributed by atoms with Crippen molar-refractivity contribution in [1.29, 1.82) is 0 Å². The number of carbonyl (C=O) groups is 1. The predicted octanol–water partition coefficient (Wildman–Crippen LogP) is 2.98. The minimum Gasteiger partial charge on any atom is -0.330 e. The monoisotopic (exact) mass is 270 g/mol. The van der Waals surface area contributed by atoms with Gasteiger partial charge in [0.2, 0.25) is 0 Å². The number of anilines is 1. The van der Waals surface area contributed by atoms with Crippen LogP contribution in [-0.2, 0) is 0 Å². The van der Waals surface area contributed by atoms with Crippen molar-refractivity contribution in [3.63, 3.8) is 0 Å². The first-order valence-electron chi connectivity index (χ1n) is 6.48. The fraction of sp³-hybridized carbons (Fsp3) is 0.267. The molecule has 5 nitrogen and oxygen atoms in total. The molecular weight excluding hydrogens is 252 g/mol. The molecule has 0 aliphatic carbocycles. The Bertz CT molecular complexity index is 578. The van der Waals surface area contributed by atoms with E-state index in [9.17, 15) is 4.79 Å². The van der Waals surface area contributed by atoms with Gasteiger partial charge >= 0.3 is 6.03 Å². The molecule has 0 fully saturated rings. The highest BCUT2D eigenvalue weighted by Gasteiger charge is 2.10. The van der Waals surface area contributed by atoms with Crippen molar-refractivity contribution in [2.75, 3.05) is 5.32 Å². The lowest BCUT2D eigenvalue weighted by molar-refractivity contribution is 0.249. The van der Waals surface area contributed by atoms with Crippen molar-refractivity contribution in [2.45, 2.75) is 26.8 Å². The molecule has 1 unspecified atom stereocenters. The van der Waals surface area contributed by atoms with Gasteiger partial charge in [-0.3, -0.25) is 10.3 Å². The van der Waals surface area contributed by atoms with Crippen LogP contribution < -0.4 is 10.6 Å². The summed E-state index contributed by atoms with van der Waals surface area (Å²) in [4.78, 5) is 20.4. The number of hydrogen-bond donors (Lipinski definition) is 2. The van der Waals surface area contributed by atoms with Crippen LogP contribution in [0.2, 0.25) is 0 Å². The van der Waals surface area contributed by atoms with Gasteiger partial charge in [-0.1, -0.05) is 6.07 Å². The van der Waals surface area contributed by atoms with Gasteiger partial charge in [0.15, 0.2) is 0 Å². The van der Waals surface area contributed by atoms with Crippen molar-refractivity contribution in [2.24, 2.45) is 0 Å². The Kier molecular flexibility index (Phi) is 4.30. The third-order valence-electron chi connectivity index (χ3n) is 2.82. The molecule has 5 heteroatoms. The fourth-order valence-electron chi connectivity index (χ4n) is 1.96. The van der Waals surface area contributed by atoms with Gasteiger partial charge in [0.25, 0.3) is 0 Å².